The Labute approximate surface area is 119 Å². The predicted molar refractivity (Wildman–Crippen MR) is 73.7 cm³/mol. The van der Waals surface area contributed by atoms with Crippen LogP contribution in [-0.2, 0) is 11.3 Å². The highest BCUT2D eigenvalue weighted by Crippen LogP contribution is 2.60. The monoisotopic (exact) mass is 274 g/mol. The van der Waals surface area contributed by atoms with E-state index >= 15 is 0 Å². The maximum Gasteiger partial charge on any atom is 0.226 e. The second-order valence-electron chi connectivity index (χ2n) is 7.31. The topological polar surface area (TPSA) is 55.1 Å². The van der Waals surface area contributed by atoms with E-state index in [4.69, 9.17) is 4.52 Å². The fraction of sp³-hybridized carbons (Fsp3) is 0.750. The average Bonchev–Trinajstić information content (AvgIpc) is 2.80. The summed E-state index contributed by atoms with van der Waals surface area (Å²) in [5.74, 6) is 3.48. The van der Waals surface area contributed by atoms with E-state index in [2.05, 4.69) is 10.5 Å². The molecule has 0 aliphatic heterocycles. The van der Waals surface area contributed by atoms with Crippen LogP contribution < -0.4 is 5.32 Å². The molecule has 0 unspecified atom stereocenters. The fourth-order valence-corrected chi connectivity index (χ4v) is 5.25. The number of amides is 1. The SMILES string of the molecule is Cc1cc(CNC(=O)C23CC4CC(CC(C4)C2)C3)no1. The molecule has 4 saturated carbocycles. The number of nitrogens with one attached hydrogen (secondary N) is 1. The van der Waals surface area contributed by atoms with Gasteiger partial charge in [-0.2, -0.15) is 0 Å². The molecule has 1 heterocycles. The van der Waals surface area contributed by atoms with Crippen LogP contribution in [0.1, 0.15) is 50.0 Å². The van der Waals surface area contributed by atoms with Gasteiger partial charge in [-0.1, -0.05) is 5.16 Å². The van der Waals surface area contributed by atoms with Crippen LogP contribution in [0.4, 0.5) is 0 Å². The Bertz CT molecular complexity index is 499. The molecule has 4 fully saturated rings. The largest absolute Gasteiger partial charge is 0.361 e. The van der Waals surface area contributed by atoms with Gasteiger partial charge in [-0.15, -0.1) is 0 Å². The lowest BCUT2D eigenvalue weighted by Crippen LogP contribution is -2.53. The minimum atomic E-state index is -0.0620. The third-order valence-electron chi connectivity index (χ3n) is 5.63. The van der Waals surface area contributed by atoms with Gasteiger partial charge < -0.3 is 9.84 Å². The van der Waals surface area contributed by atoms with Crippen LogP contribution in [0.2, 0.25) is 0 Å². The highest BCUT2D eigenvalue weighted by molar-refractivity contribution is 5.83. The van der Waals surface area contributed by atoms with E-state index in [9.17, 15) is 4.79 Å². The van der Waals surface area contributed by atoms with Crippen LogP contribution in [0.25, 0.3) is 0 Å². The Morgan fingerprint density at radius 2 is 1.90 bits per heavy atom. The predicted octanol–water partition coefficient (Wildman–Crippen LogP) is 2.82. The maximum absolute atomic E-state index is 12.7. The van der Waals surface area contributed by atoms with E-state index in [1.807, 2.05) is 13.0 Å². The van der Waals surface area contributed by atoms with Crippen molar-refractivity contribution < 1.29 is 9.32 Å². The van der Waals surface area contributed by atoms with Crippen molar-refractivity contribution in [2.24, 2.45) is 23.2 Å². The van der Waals surface area contributed by atoms with Crippen molar-refractivity contribution in [2.45, 2.75) is 52.0 Å². The van der Waals surface area contributed by atoms with E-state index in [1.54, 1.807) is 0 Å². The number of rotatable bonds is 3. The van der Waals surface area contributed by atoms with E-state index in [0.29, 0.717) is 6.54 Å². The summed E-state index contributed by atoms with van der Waals surface area (Å²) in [6, 6.07) is 1.89. The van der Waals surface area contributed by atoms with Crippen molar-refractivity contribution >= 4 is 5.91 Å². The molecule has 4 aliphatic rings. The van der Waals surface area contributed by atoms with Crippen molar-refractivity contribution in [2.75, 3.05) is 0 Å². The van der Waals surface area contributed by atoms with E-state index < -0.39 is 0 Å². The normalized spacial score (nSPS) is 38.1. The summed E-state index contributed by atoms with van der Waals surface area (Å²) in [6.07, 6.45) is 7.45. The van der Waals surface area contributed by atoms with Crippen molar-refractivity contribution in [3.63, 3.8) is 0 Å². The zero-order valence-electron chi connectivity index (χ0n) is 12.0. The molecule has 0 spiro atoms. The molecular formula is C16H22N2O2. The molecule has 0 aromatic carbocycles. The van der Waals surface area contributed by atoms with E-state index in [-0.39, 0.29) is 11.3 Å². The number of hydrogen-bond acceptors (Lipinski definition) is 3. The van der Waals surface area contributed by atoms with Crippen molar-refractivity contribution in [3.8, 4) is 0 Å². The van der Waals surface area contributed by atoms with E-state index in [1.165, 1.54) is 19.3 Å². The highest BCUT2D eigenvalue weighted by atomic mass is 16.5. The highest BCUT2D eigenvalue weighted by Gasteiger charge is 2.54. The summed E-state index contributed by atoms with van der Waals surface area (Å²) in [7, 11) is 0. The minimum Gasteiger partial charge on any atom is -0.361 e. The van der Waals surface area contributed by atoms with Gasteiger partial charge in [0.1, 0.15) is 11.5 Å². The second-order valence-corrected chi connectivity index (χ2v) is 7.31. The standard InChI is InChI=1S/C16H22N2O2/c1-10-2-14(18-20-10)9-17-15(19)16-6-11-3-12(7-16)5-13(4-11)8-16/h2,11-13H,3-9H2,1H3,(H,17,19). The molecule has 4 bridgehead atoms. The summed E-state index contributed by atoms with van der Waals surface area (Å²) >= 11 is 0. The van der Waals surface area contributed by atoms with Gasteiger partial charge in [0.2, 0.25) is 5.91 Å². The zero-order valence-corrected chi connectivity index (χ0v) is 12.0. The third-order valence-corrected chi connectivity index (χ3v) is 5.63. The first-order valence-corrected chi connectivity index (χ1v) is 7.83. The average molecular weight is 274 g/mol. The molecule has 0 saturated heterocycles. The maximum atomic E-state index is 12.7. The summed E-state index contributed by atoms with van der Waals surface area (Å²) < 4.78 is 5.04. The van der Waals surface area contributed by atoms with E-state index in [0.717, 1.165) is 48.5 Å². The lowest BCUT2D eigenvalue weighted by atomic mass is 9.49. The molecular weight excluding hydrogens is 252 g/mol. The number of carbonyl (C=O) groups is 1. The Kier molecular flexibility index (Phi) is 2.69. The van der Waals surface area contributed by atoms with Crippen LogP contribution in [0.5, 0.6) is 0 Å². The first-order chi connectivity index (χ1) is 9.63. The van der Waals surface area contributed by atoms with Gasteiger partial charge in [0, 0.05) is 11.5 Å². The van der Waals surface area contributed by atoms with Crippen LogP contribution in [-0.4, -0.2) is 11.1 Å². The Morgan fingerprint density at radius 3 is 2.40 bits per heavy atom. The molecule has 108 valence electrons. The van der Waals surface area contributed by atoms with Crippen LogP contribution >= 0.6 is 0 Å². The van der Waals surface area contributed by atoms with Crippen molar-refractivity contribution in [1.29, 1.82) is 0 Å². The van der Waals surface area contributed by atoms with Crippen LogP contribution in [0, 0.1) is 30.1 Å². The van der Waals surface area contributed by atoms with Gasteiger partial charge in [-0.25, -0.2) is 0 Å². The number of nitrogens with zero attached hydrogens (tertiary/aromatic N) is 1. The Hall–Kier alpha value is -1.32. The second kappa shape index (κ2) is 4.34. The van der Waals surface area contributed by atoms with Gasteiger partial charge in [-0.05, 0) is 63.2 Å². The molecule has 1 aromatic rings. The number of aromatic nitrogens is 1. The molecule has 4 aliphatic carbocycles. The molecule has 4 nitrogen and oxygen atoms in total. The van der Waals surface area contributed by atoms with Gasteiger partial charge in [0.25, 0.3) is 0 Å². The van der Waals surface area contributed by atoms with Crippen molar-refractivity contribution in [1.82, 2.24) is 10.5 Å². The molecule has 1 amide bonds. The number of hydrogen-bond donors (Lipinski definition) is 1. The Morgan fingerprint density at radius 1 is 1.30 bits per heavy atom. The quantitative estimate of drug-likeness (QED) is 0.922. The first-order valence-electron chi connectivity index (χ1n) is 7.83. The minimum absolute atomic E-state index is 0.0620. The first kappa shape index (κ1) is 12.4. The zero-order chi connectivity index (χ0) is 13.7. The van der Waals surface area contributed by atoms with Gasteiger partial charge in [0.15, 0.2) is 0 Å². The van der Waals surface area contributed by atoms with Gasteiger partial charge in [0.05, 0.1) is 6.54 Å². The lowest BCUT2D eigenvalue weighted by Gasteiger charge is -2.55. The van der Waals surface area contributed by atoms with Crippen LogP contribution in [0.15, 0.2) is 10.6 Å². The van der Waals surface area contributed by atoms with Gasteiger partial charge in [-0.3, -0.25) is 4.79 Å². The van der Waals surface area contributed by atoms with Crippen LogP contribution in [0.3, 0.4) is 0 Å². The lowest BCUT2D eigenvalue weighted by molar-refractivity contribution is -0.146. The fourth-order valence-electron chi connectivity index (χ4n) is 5.25. The molecule has 0 atom stereocenters. The Balaban J connectivity index is 1.45. The molecule has 20 heavy (non-hydrogen) atoms. The molecule has 4 heteroatoms. The number of carbonyl (C=O) groups excluding carboxylic acids is 1. The van der Waals surface area contributed by atoms with Gasteiger partial charge >= 0.3 is 0 Å². The summed E-state index contributed by atoms with van der Waals surface area (Å²) in [5.41, 5.74) is 0.758. The smallest absolute Gasteiger partial charge is 0.226 e. The molecule has 0 radical (unpaired) electrons. The third kappa shape index (κ3) is 1.97. The number of aryl methyl sites for hydroxylation is 1. The molecule has 1 N–H and O–H groups in total. The molecule has 5 rings (SSSR count). The van der Waals surface area contributed by atoms with Crippen molar-refractivity contribution in [3.05, 3.63) is 17.5 Å². The summed E-state index contributed by atoms with van der Waals surface area (Å²) in [4.78, 5) is 12.7. The summed E-state index contributed by atoms with van der Waals surface area (Å²) in [5, 5.41) is 7.05. The summed E-state index contributed by atoms with van der Waals surface area (Å²) in [6.45, 7) is 2.37. The molecule has 1 aromatic heterocycles.